The Morgan fingerprint density at radius 2 is 1.72 bits per heavy atom. The Morgan fingerprint density at radius 3 is 2.20 bits per heavy atom. The number of rotatable bonds is 6. The first-order valence-corrected chi connectivity index (χ1v) is 7.71. The van der Waals surface area contributed by atoms with Gasteiger partial charge in [0.1, 0.15) is 11.6 Å². The number of nitrogens with one attached hydrogen (secondary N) is 1. The third-order valence-electron chi connectivity index (χ3n) is 3.75. The average Bonchev–Trinajstić information content (AvgIpc) is 2.56. The molecule has 0 radical (unpaired) electrons. The second-order valence-electron chi connectivity index (χ2n) is 6.00. The second kappa shape index (κ2) is 7.98. The van der Waals surface area contributed by atoms with Crippen LogP contribution >= 0.6 is 0 Å². The summed E-state index contributed by atoms with van der Waals surface area (Å²) in [5.41, 5.74) is 0.0546. The zero-order valence-corrected chi connectivity index (χ0v) is 14.6. The molecule has 1 heterocycles. The summed E-state index contributed by atoms with van der Waals surface area (Å²) in [7, 11) is 7.01. The molecule has 1 N–H and O–H groups in total. The van der Waals surface area contributed by atoms with E-state index >= 15 is 0 Å². The fourth-order valence-electron chi connectivity index (χ4n) is 2.34. The normalized spacial score (nSPS) is 12.1. The fraction of sp³-hybridized carbons (Fsp3) is 0.353. The van der Waals surface area contributed by atoms with Crippen molar-refractivity contribution >= 4 is 11.7 Å². The Morgan fingerprint density at radius 1 is 1.08 bits per heavy atom. The van der Waals surface area contributed by atoms with Gasteiger partial charge in [0, 0.05) is 26.2 Å². The van der Waals surface area contributed by atoms with Crippen molar-refractivity contribution in [1.29, 1.82) is 0 Å². The van der Waals surface area contributed by atoms with Crippen LogP contribution in [0.15, 0.2) is 30.3 Å². The second-order valence-corrected chi connectivity index (χ2v) is 6.00. The minimum Gasteiger partial charge on any atom is -0.361 e. The van der Waals surface area contributed by atoms with E-state index in [0.717, 1.165) is 0 Å². The molecule has 0 fully saturated rings. The van der Waals surface area contributed by atoms with Crippen LogP contribution < -0.4 is 10.2 Å². The smallest absolute Gasteiger partial charge is 0.271 e. The first-order valence-electron chi connectivity index (χ1n) is 7.71. The molecule has 134 valence electrons. The number of aromatic nitrogens is 2. The Labute approximate surface area is 145 Å². The predicted molar refractivity (Wildman–Crippen MR) is 91.5 cm³/mol. The van der Waals surface area contributed by atoms with Crippen LogP contribution in [0, 0.1) is 11.6 Å². The summed E-state index contributed by atoms with van der Waals surface area (Å²) in [6.45, 7) is 0.0286. The monoisotopic (exact) mass is 349 g/mol. The molecule has 0 saturated carbocycles. The van der Waals surface area contributed by atoms with Gasteiger partial charge < -0.3 is 15.1 Å². The molecule has 1 aromatic carbocycles. The van der Waals surface area contributed by atoms with Crippen molar-refractivity contribution in [1.82, 2.24) is 20.4 Å². The lowest BCUT2D eigenvalue weighted by Gasteiger charge is -2.25. The molecular formula is C17H21F2N5O. The summed E-state index contributed by atoms with van der Waals surface area (Å²) in [5, 5.41) is 10.4. The van der Waals surface area contributed by atoms with Gasteiger partial charge in [0.2, 0.25) is 0 Å². The van der Waals surface area contributed by atoms with Gasteiger partial charge in [-0.2, -0.15) is 0 Å². The number of amides is 1. The molecule has 1 aromatic heterocycles. The van der Waals surface area contributed by atoms with E-state index in [-0.39, 0.29) is 17.8 Å². The van der Waals surface area contributed by atoms with Crippen LogP contribution in [0.3, 0.4) is 0 Å². The first-order chi connectivity index (χ1) is 11.8. The van der Waals surface area contributed by atoms with Crippen LogP contribution in [0.5, 0.6) is 0 Å². The quantitative estimate of drug-likeness (QED) is 0.862. The van der Waals surface area contributed by atoms with Crippen LogP contribution in [0.2, 0.25) is 0 Å². The van der Waals surface area contributed by atoms with Crippen molar-refractivity contribution in [2.24, 2.45) is 0 Å². The van der Waals surface area contributed by atoms with Crippen molar-refractivity contribution in [3.63, 3.8) is 0 Å². The number of likely N-dealkylation sites (N-methyl/N-ethyl adjacent to an activating group) is 1. The number of hydrogen-bond donors (Lipinski definition) is 1. The molecule has 0 saturated heterocycles. The lowest BCUT2D eigenvalue weighted by molar-refractivity contribution is 0.0934. The number of anilines is 1. The van der Waals surface area contributed by atoms with Gasteiger partial charge in [0.05, 0.1) is 6.04 Å². The van der Waals surface area contributed by atoms with Crippen LogP contribution in [0.25, 0.3) is 0 Å². The molecule has 0 unspecified atom stereocenters. The summed E-state index contributed by atoms with van der Waals surface area (Å²) < 4.78 is 28.0. The lowest BCUT2D eigenvalue weighted by Crippen LogP contribution is -2.36. The summed E-state index contributed by atoms with van der Waals surface area (Å²) in [6.07, 6.45) is 0. The van der Waals surface area contributed by atoms with Gasteiger partial charge in [0.25, 0.3) is 5.91 Å². The molecule has 1 atom stereocenters. The summed E-state index contributed by atoms with van der Waals surface area (Å²) in [4.78, 5) is 15.6. The van der Waals surface area contributed by atoms with Gasteiger partial charge in [-0.1, -0.05) is 6.07 Å². The van der Waals surface area contributed by atoms with E-state index in [2.05, 4.69) is 15.5 Å². The minimum absolute atomic E-state index is 0.0286. The van der Waals surface area contributed by atoms with Crippen LogP contribution in [0.4, 0.5) is 14.6 Å². The Kier molecular flexibility index (Phi) is 5.97. The molecule has 0 aliphatic rings. The standard InChI is InChI=1S/C17H21F2N5O/c1-23(2)14(16-11(18)6-5-7-12(16)19)10-20-17(25)13-8-9-15(22-21-13)24(3)4/h5-9,14H,10H2,1-4H3,(H,20,25)/t14-/m0/s1. The summed E-state index contributed by atoms with van der Waals surface area (Å²) >= 11 is 0. The van der Waals surface area contributed by atoms with Crippen molar-refractivity contribution < 1.29 is 13.6 Å². The fourth-order valence-corrected chi connectivity index (χ4v) is 2.34. The Hall–Kier alpha value is -2.61. The molecule has 0 aliphatic carbocycles. The van der Waals surface area contributed by atoms with E-state index in [1.807, 2.05) is 14.1 Å². The number of benzene rings is 1. The molecule has 8 heteroatoms. The van der Waals surface area contributed by atoms with Gasteiger partial charge in [-0.05, 0) is 38.4 Å². The maximum absolute atomic E-state index is 14.0. The highest BCUT2D eigenvalue weighted by molar-refractivity contribution is 5.92. The zero-order valence-electron chi connectivity index (χ0n) is 14.6. The van der Waals surface area contributed by atoms with Crippen molar-refractivity contribution in [3.8, 4) is 0 Å². The molecule has 1 amide bonds. The van der Waals surface area contributed by atoms with E-state index in [9.17, 15) is 13.6 Å². The molecule has 6 nitrogen and oxygen atoms in total. The molecule has 2 aromatic rings. The molecular weight excluding hydrogens is 328 g/mol. The number of nitrogens with zero attached hydrogens (tertiary/aromatic N) is 4. The topological polar surface area (TPSA) is 61.4 Å². The highest BCUT2D eigenvalue weighted by Gasteiger charge is 2.23. The predicted octanol–water partition coefficient (Wildman–Crippen LogP) is 1.85. The minimum atomic E-state index is -0.654. The van der Waals surface area contributed by atoms with E-state index in [1.54, 1.807) is 36.0 Å². The number of halogens is 2. The van der Waals surface area contributed by atoms with E-state index in [4.69, 9.17) is 0 Å². The average molecular weight is 349 g/mol. The van der Waals surface area contributed by atoms with E-state index in [1.165, 1.54) is 18.2 Å². The van der Waals surface area contributed by atoms with Crippen molar-refractivity contribution in [2.75, 3.05) is 39.6 Å². The highest BCUT2D eigenvalue weighted by atomic mass is 19.1. The molecule has 25 heavy (non-hydrogen) atoms. The van der Waals surface area contributed by atoms with Gasteiger partial charge in [-0.3, -0.25) is 4.79 Å². The molecule has 0 aliphatic heterocycles. The number of carbonyl (C=O) groups excluding carboxylic acids is 1. The lowest BCUT2D eigenvalue weighted by atomic mass is 10.0. The van der Waals surface area contributed by atoms with E-state index < -0.39 is 23.6 Å². The van der Waals surface area contributed by atoms with Gasteiger partial charge >= 0.3 is 0 Å². The maximum Gasteiger partial charge on any atom is 0.271 e. The number of hydrogen-bond acceptors (Lipinski definition) is 5. The molecule has 0 spiro atoms. The highest BCUT2D eigenvalue weighted by Crippen LogP contribution is 2.24. The van der Waals surface area contributed by atoms with Crippen molar-refractivity contribution in [3.05, 3.63) is 53.2 Å². The molecule has 0 bridgehead atoms. The van der Waals surface area contributed by atoms with E-state index in [0.29, 0.717) is 5.82 Å². The Bertz CT molecular complexity index is 714. The molecule has 2 rings (SSSR count). The maximum atomic E-state index is 14.0. The van der Waals surface area contributed by atoms with Crippen LogP contribution in [-0.4, -0.2) is 55.7 Å². The third-order valence-corrected chi connectivity index (χ3v) is 3.75. The SMILES string of the molecule is CN(C)c1ccc(C(=O)NC[C@@H](c2c(F)cccc2F)N(C)C)nn1. The van der Waals surface area contributed by atoms with Crippen LogP contribution in [0.1, 0.15) is 22.1 Å². The third kappa shape index (κ3) is 4.48. The largest absolute Gasteiger partial charge is 0.361 e. The summed E-state index contributed by atoms with van der Waals surface area (Å²) in [5.74, 6) is -1.14. The Balaban J connectivity index is 2.12. The summed E-state index contributed by atoms with van der Waals surface area (Å²) in [6, 6.07) is 6.26. The zero-order chi connectivity index (χ0) is 18.6. The first kappa shape index (κ1) is 18.7. The van der Waals surface area contributed by atoms with Crippen molar-refractivity contribution in [2.45, 2.75) is 6.04 Å². The van der Waals surface area contributed by atoms with Gasteiger partial charge in [-0.15, -0.1) is 10.2 Å². The van der Waals surface area contributed by atoms with Crippen LogP contribution in [-0.2, 0) is 0 Å². The van der Waals surface area contributed by atoms with Gasteiger partial charge in [0.15, 0.2) is 11.5 Å². The van der Waals surface area contributed by atoms with Gasteiger partial charge in [-0.25, -0.2) is 8.78 Å². The number of carbonyl (C=O) groups is 1.